The number of carbonyl (C=O) groups excluding carboxylic acids is 1. The molecule has 2 saturated heterocycles. The second-order valence-electron chi connectivity index (χ2n) is 8.97. The lowest BCUT2D eigenvalue weighted by Crippen LogP contribution is -2.45. The summed E-state index contributed by atoms with van der Waals surface area (Å²) in [6.07, 6.45) is 5.59. The number of nitrogens with zero attached hydrogens (tertiary/aromatic N) is 3. The topological polar surface area (TPSA) is 54.9 Å². The first kappa shape index (κ1) is 21.7. The smallest absolute Gasteiger partial charge is 0.410 e. The Hall–Kier alpha value is -3.12. The molecule has 0 radical (unpaired) electrons. The lowest BCUT2D eigenvalue weighted by atomic mass is 10.0. The number of benzene rings is 2. The van der Waals surface area contributed by atoms with Gasteiger partial charge in [0.2, 0.25) is 0 Å². The van der Waals surface area contributed by atoms with Gasteiger partial charge in [0, 0.05) is 36.3 Å². The van der Waals surface area contributed by atoms with Crippen LogP contribution in [0.1, 0.15) is 36.5 Å². The number of fused-ring (bicyclic) bond motifs is 1. The van der Waals surface area contributed by atoms with Crippen molar-refractivity contribution in [3.05, 3.63) is 71.9 Å². The van der Waals surface area contributed by atoms with Crippen molar-refractivity contribution in [2.75, 3.05) is 33.3 Å². The maximum atomic E-state index is 12.8. The van der Waals surface area contributed by atoms with Gasteiger partial charge < -0.3 is 19.3 Å². The maximum absolute atomic E-state index is 12.8. The molecule has 1 atom stereocenters. The second-order valence-corrected chi connectivity index (χ2v) is 8.97. The highest BCUT2D eigenvalue weighted by Crippen LogP contribution is 2.34. The van der Waals surface area contributed by atoms with E-state index in [9.17, 15) is 4.79 Å². The fourth-order valence-corrected chi connectivity index (χ4v) is 5.10. The van der Waals surface area contributed by atoms with Gasteiger partial charge in [-0.05, 0) is 62.1 Å². The predicted octanol–water partition coefficient (Wildman–Crippen LogP) is 4.83. The molecule has 1 amide bonds. The van der Waals surface area contributed by atoms with E-state index < -0.39 is 0 Å². The summed E-state index contributed by atoms with van der Waals surface area (Å²) >= 11 is 0. The van der Waals surface area contributed by atoms with E-state index in [0.717, 1.165) is 61.1 Å². The highest BCUT2D eigenvalue weighted by Gasteiger charge is 2.38. The Morgan fingerprint density at radius 1 is 1.09 bits per heavy atom. The van der Waals surface area contributed by atoms with E-state index >= 15 is 0 Å². The molecule has 2 fully saturated rings. The number of aromatic nitrogens is 1. The van der Waals surface area contributed by atoms with Gasteiger partial charge in [0.05, 0.1) is 19.2 Å². The van der Waals surface area contributed by atoms with Gasteiger partial charge in [-0.3, -0.25) is 4.98 Å². The molecule has 0 N–H and O–H groups in total. The van der Waals surface area contributed by atoms with E-state index in [0.29, 0.717) is 6.54 Å². The normalized spacial score (nSPS) is 19.7. The van der Waals surface area contributed by atoms with Crippen LogP contribution in [0.15, 0.2) is 60.8 Å². The van der Waals surface area contributed by atoms with Gasteiger partial charge in [-0.25, -0.2) is 4.79 Å². The van der Waals surface area contributed by atoms with Crippen molar-refractivity contribution < 1.29 is 14.3 Å². The molecule has 1 aromatic heterocycles. The molecule has 6 heteroatoms. The number of amides is 1. The molecule has 2 aliphatic rings. The average Bonchev–Trinajstić information content (AvgIpc) is 3.25. The molecular formula is C27H31N3O3. The Kier molecular flexibility index (Phi) is 6.44. The van der Waals surface area contributed by atoms with Crippen LogP contribution < -0.4 is 4.74 Å². The summed E-state index contributed by atoms with van der Waals surface area (Å²) in [7, 11) is 1.66. The highest BCUT2D eigenvalue weighted by molar-refractivity contribution is 5.84. The molecule has 0 aliphatic carbocycles. The van der Waals surface area contributed by atoms with Crippen LogP contribution in [0.25, 0.3) is 10.9 Å². The number of rotatable bonds is 7. The van der Waals surface area contributed by atoms with Crippen LogP contribution in [-0.2, 0) is 11.2 Å². The number of pyridine rings is 1. The molecule has 33 heavy (non-hydrogen) atoms. The van der Waals surface area contributed by atoms with Crippen LogP contribution in [0.2, 0.25) is 0 Å². The van der Waals surface area contributed by atoms with Gasteiger partial charge in [-0.15, -0.1) is 0 Å². The zero-order chi connectivity index (χ0) is 22.6. The SMILES string of the molecule is COc1ccc2nccc(C3CN(C4CCN(CCCc5ccccc5)CC4)C(=O)O3)c2c1. The van der Waals surface area contributed by atoms with E-state index in [2.05, 4.69) is 40.2 Å². The van der Waals surface area contributed by atoms with E-state index in [1.54, 1.807) is 13.3 Å². The van der Waals surface area contributed by atoms with Crippen LogP contribution >= 0.6 is 0 Å². The molecule has 0 saturated carbocycles. The first-order chi connectivity index (χ1) is 16.2. The third-order valence-electron chi connectivity index (χ3n) is 6.95. The number of likely N-dealkylation sites (tertiary alicyclic amines) is 1. The summed E-state index contributed by atoms with van der Waals surface area (Å²) in [5.41, 5.74) is 3.28. The summed E-state index contributed by atoms with van der Waals surface area (Å²) < 4.78 is 11.2. The van der Waals surface area contributed by atoms with E-state index in [1.807, 2.05) is 29.2 Å². The van der Waals surface area contributed by atoms with E-state index in [4.69, 9.17) is 9.47 Å². The fraction of sp³-hybridized carbons (Fsp3) is 0.407. The summed E-state index contributed by atoms with van der Waals surface area (Å²) in [6.45, 7) is 3.76. The molecule has 2 aliphatic heterocycles. The Morgan fingerprint density at radius 3 is 2.70 bits per heavy atom. The van der Waals surface area contributed by atoms with Gasteiger partial charge in [-0.2, -0.15) is 0 Å². The number of cyclic esters (lactones) is 1. The first-order valence-corrected chi connectivity index (χ1v) is 11.9. The van der Waals surface area contributed by atoms with Crippen molar-refractivity contribution >= 4 is 17.0 Å². The number of carbonyl (C=O) groups is 1. The predicted molar refractivity (Wildman–Crippen MR) is 128 cm³/mol. The summed E-state index contributed by atoms with van der Waals surface area (Å²) in [5, 5.41) is 0.977. The summed E-state index contributed by atoms with van der Waals surface area (Å²) in [5.74, 6) is 0.776. The Balaban J connectivity index is 1.18. The third-order valence-corrected chi connectivity index (χ3v) is 6.95. The highest BCUT2D eigenvalue weighted by atomic mass is 16.6. The van der Waals surface area contributed by atoms with Crippen molar-refractivity contribution in [2.45, 2.75) is 37.8 Å². The Morgan fingerprint density at radius 2 is 1.91 bits per heavy atom. The standard InChI is InChI=1S/C27H31N3O3/c1-32-22-9-10-25-24(18-22)23(11-14-28-25)26-19-30(27(31)33-26)21-12-16-29(17-13-21)15-5-8-20-6-3-2-4-7-20/h2-4,6-7,9-11,14,18,21,26H,5,8,12-13,15-17,19H2,1H3. The molecule has 2 aromatic carbocycles. The minimum atomic E-state index is -0.279. The molecule has 0 bridgehead atoms. The third kappa shape index (κ3) is 4.81. The van der Waals surface area contributed by atoms with Gasteiger partial charge >= 0.3 is 6.09 Å². The minimum absolute atomic E-state index is 0.199. The lowest BCUT2D eigenvalue weighted by molar-refractivity contribution is 0.111. The number of ether oxygens (including phenoxy) is 2. The minimum Gasteiger partial charge on any atom is -0.497 e. The average molecular weight is 446 g/mol. The first-order valence-electron chi connectivity index (χ1n) is 11.9. The molecule has 1 unspecified atom stereocenters. The second kappa shape index (κ2) is 9.79. The van der Waals surface area contributed by atoms with E-state index in [1.165, 1.54) is 12.0 Å². The van der Waals surface area contributed by atoms with Crippen molar-refractivity contribution in [1.82, 2.24) is 14.8 Å². The number of aryl methyl sites for hydroxylation is 1. The largest absolute Gasteiger partial charge is 0.497 e. The van der Waals surface area contributed by atoms with Crippen LogP contribution in [0.5, 0.6) is 5.75 Å². The fourth-order valence-electron chi connectivity index (χ4n) is 5.10. The van der Waals surface area contributed by atoms with Crippen LogP contribution in [-0.4, -0.2) is 60.2 Å². The maximum Gasteiger partial charge on any atom is 0.410 e. The Labute approximate surface area is 195 Å². The summed E-state index contributed by atoms with van der Waals surface area (Å²) in [4.78, 5) is 21.7. The van der Waals surface area contributed by atoms with Crippen molar-refractivity contribution in [3.8, 4) is 5.75 Å². The van der Waals surface area contributed by atoms with Crippen LogP contribution in [0, 0.1) is 0 Å². The quantitative estimate of drug-likeness (QED) is 0.521. The number of hydrogen-bond donors (Lipinski definition) is 0. The number of hydrogen-bond acceptors (Lipinski definition) is 5. The molecule has 3 heterocycles. The van der Waals surface area contributed by atoms with E-state index in [-0.39, 0.29) is 18.2 Å². The van der Waals surface area contributed by atoms with Gasteiger partial charge in [0.15, 0.2) is 0 Å². The van der Waals surface area contributed by atoms with Crippen LogP contribution in [0.3, 0.4) is 0 Å². The van der Waals surface area contributed by atoms with Gasteiger partial charge in [0.1, 0.15) is 11.9 Å². The van der Waals surface area contributed by atoms with Crippen molar-refractivity contribution in [1.29, 1.82) is 0 Å². The lowest BCUT2D eigenvalue weighted by Gasteiger charge is -2.35. The summed E-state index contributed by atoms with van der Waals surface area (Å²) in [6, 6.07) is 18.7. The van der Waals surface area contributed by atoms with Gasteiger partial charge in [0.25, 0.3) is 0 Å². The monoisotopic (exact) mass is 445 g/mol. The molecule has 0 spiro atoms. The zero-order valence-corrected chi connectivity index (χ0v) is 19.2. The van der Waals surface area contributed by atoms with Crippen LogP contribution in [0.4, 0.5) is 4.79 Å². The van der Waals surface area contributed by atoms with Gasteiger partial charge in [-0.1, -0.05) is 30.3 Å². The molecular weight excluding hydrogens is 414 g/mol. The molecule has 172 valence electrons. The molecule has 6 nitrogen and oxygen atoms in total. The molecule has 5 rings (SSSR count). The number of methoxy groups -OCH3 is 1. The van der Waals surface area contributed by atoms with Crippen molar-refractivity contribution in [3.63, 3.8) is 0 Å². The Bertz CT molecular complexity index is 1100. The molecule has 3 aromatic rings. The number of piperidine rings is 1. The zero-order valence-electron chi connectivity index (χ0n) is 19.2. The van der Waals surface area contributed by atoms with Crippen molar-refractivity contribution in [2.24, 2.45) is 0 Å².